The fourth-order valence-corrected chi connectivity index (χ4v) is 5.77. The molecule has 39 heavy (non-hydrogen) atoms. The van der Waals surface area contributed by atoms with E-state index in [-0.39, 0.29) is 48.6 Å². The number of nitrogens with zero attached hydrogens (tertiary/aromatic N) is 1. The number of carbonyl (C=O) groups excluding carboxylic acids is 2. The molecule has 2 amide bonds. The predicted molar refractivity (Wildman–Crippen MR) is 140 cm³/mol. The van der Waals surface area contributed by atoms with Gasteiger partial charge in [0.2, 0.25) is 5.91 Å². The van der Waals surface area contributed by atoms with Crippen LogP contribution in [0.2, 0.25) is 0 Å². The third kappa shape index (κ3) is 5.90. The third-order valence-corrected chi connectivity index (χ3v) is 7.65. The van der Waals surface area contributed by atoms with E-state index < -0.39 is 35.0 Å². The number of anilines is 1. The van der Waals surface area contributed by atoms with Gasteiger partial charge in [-0.3, -0.25) is 14.4 Å². The molecule has 1 fully saturated rings. The number of hydrogen-bond acceptors (Lipinski definition) is 5. The minimum absolute atomic E-state index is 0.00460. The van der Waals surface area contributed by atoms with E-state index in [1.54, 1.807) is 26.0 Å². The maximum Gasteiger partial charge on any atom is 0.303 e. The first-order valence-corrected chi connectivity index (χ1v) is 12.9. The molecule has 0 saturated heterocycles. The Kier molecular flexibility index (Phi) is 8.25. The zero-order chi connectivity index (χ0) is 28.5. The van der Waals surface area contributed by atoms with E-state index in [1.165, 1.54) is 19.1 Å². The lowest BCUT2D eigenvalue weighted by Gasteiger charge is -2.42. The SMILES string of the molecule is COCC(C)(C)c1c(F)cc(NC(=O)[C@H]2c3ccc(OC)cc3CCN2C(=O)[C@H]2C[C@@H](CC(=O)O)C2)cc1F. The number of carboxylic acid groups (broad SMARTS) is 1. The molecule has 1 aliphatic carbocycles. The molecule has 0 bridgehead atoms. The van der Waals surface area contributed by atoms with Gasteiger partial charge in [0, 0.05) is 42.7 Å². The molecule has 210 valence electrons. The number of hydrogen-bond donors (Lipinski definition) is 2. The van der Waals surface area contributed by atoms with E-state index in [1.807, 2.05) is 6.07 Å². The Hall–Kier alpha value is -3.53. The van der Waals surface area contributed by atoms with Crippen LogP contribution in [-0.4, -0.2) is 55.2 Å². The molecule has 0 unspecified atom stereocenters. The molecule has 0 aromatic heterocycles. The second kappa shape index (κ2) is 11.3. The Balaban J connectivity index is 1.62. The van der Waals surface area contributed by atoms with E-state index in [2.05, 4.69) is 5.32 Å². The highest BCUT2D eigenvalue weighted by Gasteiger charge is 2.43. The molecule has 1 saturated carbocycles. The summed E-state index contributed by atoms with van der Waals surface area (Å²) in [6.45, 7) is 3.69. The van der Waals surface area contributed by atoms with Crippen LogP contribution in [-0.2, 0) is 31.0 Å². The summed E-state index contributed by atoms with van der Waals surface area (Å²) >= 11 is 0. The number of carboxylic acids is 1. The number of benzene rings is 2. The average Bonchev–Trinajstić information content (AvgIpc) is 2.83. The maximum absolute atomic E-state index is 15.1. The van der Waals surface area contributed by atoms with Crippen molar-refractivity contribution in [3.8, 4) is 5.75 Å². The third-order valence-electron chi connectivity index (χ3n) is 7.65. The van der Waals surface area contributed by atoms with Crippen molar-refractivity contribution in [3.05, 3.63) is 58.7 Å². The predicted octanol–water partition coefficient (Wildman–Crippen LogP) is 4.46. The lowest BCUT2D eigenvalue weighted by Crippen LogP contribution is -2.50. The maximum atomic E-state index is 15.1. The van der Waals surface area contributed by atoms with E-state index >= 15 is 8.78 Å². The zero-order valence-corrected chi connectivity index (χ0v) is 22.6. The van der Waals surface area contributed by atoms with Gasteiger partial charge in [-0.15, -0.1) is 0 Å². The van der Waals surface area contributed by atoms with Crippen LogP contribution in [0.15, 0.2) is 30.3 Å². The molecule has 1 heterocycles. The first-order chi connectivity index (χ1) is 18.4. The van der Waals surface area contributed by atoms with E-state index in [9.17, 15) is 14.4 Å². The second-order valence-electron chi connectivity index (χ2n) is 11.0. The zero-order valence-electron chi connectivity index (χ0n) is 22.6. The number of nitrogens with one attached hydrogen (secondary N) is 1. The number of aliphatic carboxylic acids is 1. The van der Waals surface area contributed by atoms with Crippen molar-refractivity contribution >= 4 is 23.5 Å². The van der Waals surface area contributed by atoms with Gasteiger partial charge >= 0.3 is 5.97 Å². The van der Waals surface area contributed by atoms with Gasteiger partial charge in [0.25, 0.3) is 5.91 Å². The number of amides is 2. The molecule has 2 aromatic carbocycles. The number of methoxy groups -OCH3 is 2. The summed E-state index contributed by atoms with van der Waals surface area (Å²) in [6.07, 6.45) is 1.39. The van der Waals surface area contributed by atoms with Crippen molar-refractivity contribution in [1.29, 1.82) is 0 Å². The molecule has 10 heteroatoms. The van der Waals surface area contributed by atoms with Gasteiger partial charge in [0.05, 0.1) is 13.7 Å². The standard InChI is InChI=1S/C29H34F2N2O6/c1-29(2,15-38-3)25-22(30)13-19(14-23(25)31)32-27(36)26-21-6-5-20(39-4)12-17(21)7-8-33(26)28(37)18-9-16(10-18)11-24(34)35/h5-6,12-14,16,18,26H,7-11,15H2,1-4H3,(H,32,36)(H,34,35)/t16-,18+,26-/m1/s1. The fraction of sp³-hybridized carbons (Fsp3) is 0.483. The van der Waals surface area contributed by atoms with Gasteiger partial charge < -0.3 is 24.8 Å². The number of halogens is 2. The minimum atomic E-state index is -1.03. The van der Waals surface area contributed by atoms with Gasteiger partial charge in [-0.1, -0.05) is 19.9 Å². The second-order valence-corrected chi connectivity index (χ2v) is 11.0. The first kappa shape index (κ1) is 28.5. The van der Waals surface area contributed by atoms with Gasteiger partial charge in [-0.25, -0.2) is 8.78 Å². The highest BCUT2D eigenvalue weighted by Crippen LogP contribution is 2.41. The summed E-state index contributed by atoms with van der Waals surface area (Å²) < 4.78 is 40.6. The Morgan fingerprint density at radius 2 is 1.77 bits per heavy atom. The molecular formula is C29H34F2N2O6. The fourth-order valence-electron chi connectivity index (χ4n) is 5.77. The van der Waals surface area contributed by atoms with Crippen LogP contribution in [0.4, 0.5) is 14.5 Å². The largest absolute Gasteiger partial charge is 0.497 e. The summed E-state index contributed by atoms with van der Waals surface area (Å²) in [6, 6.07) is 6.35. The molecular weight excluding hydrogens is 510 g/mol. The molecule has 4 rings (SSSR count). The Bertz CT molecular complexity index is 1250. The quantitative estimate of drug-likeness (QED) is 0.483. The smallest absolute Gasteiger partial charge is 0.303 e. The molecule has 2 aromatic rings. The van der Waals surface area contributed by atoms with Crippen molar-refractivity contribution in [3.63, 3.8) is 0 Å². The van der Waals surface area contributed by atoms with Crippen LogP contribution < -0.4 is 10.1 Å². The van der Waals surface area contributed by atoms with Crippen molar-refractivity contribution in [2.24, 2.45) is 11.8 Å². The molecule has 1 atom stereocenters. The first-order valence-electron chi connectivity index (χ1n) is 12.9. The van der Waals surface area contributed by atoms with E-state index in [0.29, 0.717) is 30.6 Å². The highest BCUT2D eigenvalue weighted by atomic mass is 19.1. The monoisotopic (exact) mass is 544 g/mol. The Morgan fingerprint density at radius 3 is 2.36 bits per heavy atom. The number of ether oxygens (including phenoxy) is 2. The van der Waals surface area contributed by atoms with Crippen molar-refractivity contribution < 1.29 is 37.7 Å². The van der Waals surface area contributed by atoms with Crippen LogP contribution >= 0.6 is 0 Å². The Morgan fingerprint density at radius 1 is 1.10 bits per heavy atom. The van der Waals surface area contributed by atoms with Crippen LogP contribution in [0.5, 0.6) is 5.75 Å². The molecule has 1 aliphatic heterocycles. The van der Waals surface area contributed by atoms with Gasteiger partial charge in [-0.05, 0) is 60.6 Å². The highest BCUT2D eigenvalue weighted by molar-refractivity contribution is 5.99. The van der Waals surface area contributed by atoms with Crippen LogP contribution in [0.3, 0.4) is 0 Å². The molecule has 2 aliphatic rings. The molecule has 0 spiro atoms. The van der Waals surface area contributed by atoms with Gasteiger partial charge in [-0.2, -0.15) is 0 Å². The van der Waals surface area contributed by atoms with E-state index in [0.717, 1.165) is 17.7 Å². The topological polar surface area (TPSA) is 105 Å². The summed E-state index contributed by atoms with van der Waals surface area (Å²) in [4.78, 5) is 39.7. The number of fused-ring (bicyclic) bond motifs is 1. The summed E-state index contributed by atoms with van der Waals surface area (Å²) in [7, 11) is 2.99. The van der Waals surface area contributed by atoms with E-state index in [4.69, 9.17) is 14.6 Å². The molecule has 0 radical (unpaired) electrons. The van der Waals surface area contributed by atoms with Crippen LogP contribution in [0.1, 0.15) is 55.8 Å². The number of carbonyl (C=O) groups is 3. The summed E-state index contributed by atoms with van der Waals surface area (Å²) in [5.41, 5.74) is 0.301. The van der Waals surface area contributed by atoms with Crippen molar-refractivity contribution in [2.45, 2.75) is 51.0 Å². The van der Waals surface area contributed by atoms with Gasteiger partial charge in [0.15, 0.2) is 0 Å². The number of rotatable bonds is 9. The lowest BCUT2D eigenvalue weighted by molar-refractivity contribution is -0.149. The van der Waals surface area contributed by atoms with Crippen molar-refractivity contribution in [2.75, 3.05) is 32.7 Å². The van der Waals surface area contributed by atoms with Crippen molar-refractivity contribution in [1.82, 2.24) is 4.90 Å². The normalized spacial score (nSPS) is 20.6. The summed E-state index contributed by atoms with van der Waals surface area (Å²) in [5.74, 6) is -3.19. The summed E-state index contributed by atoms with van der Waals surface area (Å²) in [5, 5.41) is 11.7. The molecule has 8 nitrogen and oxygen atoms in total. The molecule has 2 N–H and O–H groups in total. The lowest BCUT2D eigenvalue weighted by atomic mass is 9.72. The van der Waals surface area contributed by atoms with Crippen LogP contribution in [0, 0.1) is 23.5 Å². The minimum Gasteiger partial charge on any atom is -0.497 e. The average molecular weight is 545 g/mol. The Labute approximate surface area is 226 Å². The van der Waals surface area contributed by atoms with Crippen LogP contribution in [0.25, 0.3) is 0 Å². The van der Waals surface area contributed by atoms with Gasteiger partial charge in [0.1, 0.15) is 23.4 Å².